The van der Waals surface area contributed by atoms with Gasteiger partial charge >= 0.3 is 5.97 Å². The van der Waals surface area contributed by atoms with Crippen molar-refractivity contribution in [1.29, 1.82) is 0 Å². The van der Waals surface area contributed by atoms with Crippen LogP contribution in [0.2, 0.25) is 0 Å². The molecule has 4 nitrogen and oxygen atoms in total. The van der Waals surface area contributed by atoms with Crippen molar-refractivity contribution in [2.45, 2.75) is 26.2 Å². The van der Waals surface area contributed by atoms with E-state index in [1.165, 1.54) is 5.69 Å². The van der Waals surface area contributed by atoms with E-state index >= 15 is 0 Å². The van der Waals surface area contributed by atoms with Crippen molar-refractivity contribution < 1.29 is 9.53 Å². The Balaban J connectivity index is 1.84. The number of aromatic nitrogens is 2. The molecule has 0 unspecified atom stereocenters. The van der Waals surface area contributed by atoms with Gasteiger partial charge in [0.05, 0.1) is 24.4 Å². The first-order chi connectivity index (χ1) is 9.79. The van der Waals surface area contributed by atoms with Crippen LogP contribution in [0.4, 0.5) is 0 Å². The van der Waals surface area contributed by atoms with Crippen LogP contribution in [0, 0.1) is 5.92 Å². The molecule has 0 fully saturated rings. The van der Waals surface area contributed by atoms with Gasteiger partial charge in [-0.3, -0.25) is 4.79 Å². The fourth-order valence-electron chi connectivity index (χ4n) is 2.78. The molecule has 0 aliphatic heterocycles. The molecule has 0 spiro atoms. The van der Waals surface area contributed by atoms with Gasteiger partial charge in [-0.2, -0.15) is 5.10 Å². The van der Waals surface area contributed by atoms with Crippen LogP contribution in [-0.2, 0) is 22.4 Å². The Hall–Kier alpha value is -2.10. The first-order valence-electron chi connectivity index (χ1n) is 7.07. The number of carbonyl (C=O) groups excluding carboxylic acids is 1. The fraction of sp³-hybridized carbons (Fsp3) is 0.375. The number of ether oxygens (including phenoxy) is 1. The van der Waals surface area contributed by atoms with E-state index in [0.717, 1.165) is 30.5 Å². The first kappa shape index (κ1) is 12.9. The summed E-state index contributed by atoms with van der Waals surface area (Å²) in [6, 6.07) is 10.1. The minimum absolute atomic E-state index is 0.0177. The molecule has 1 aromatic heterocycles. The summed E-state index contributed by atoms with van der Waals surface area (Å²) < 4.78 is 7.10. The zero-order chi connectivity index (χ0) is 13.9. The number of carbonyl (C=O) groups is 1. The van der Waals surface area contributed by atoms with Crippen molar-refractivity contribution in [1.82, 2.24) is 9.78 Å². The summed E-state index contributed by atoms with van der Waals surface area (Å²) in [6.45, 7) is 2.30. The molecule has 3 rings (SSSR count). The van der Waals surface area contributed by atoms with E-state index in [2.05, 4.69) is 5.10 Å². The lowest BCUT2D eigenvalue weighted by molar-refractivity contribution is -0.148. The van der Waals surface area contributed by atoms with Crippen LogP contribution in [0.3, 0.4) is 0 Å². The molecule has 0 amide bonds. The third kappa shape index (κ3) is 2.33. The minimum atomic E-state index is -0.0781. The lowest BCUT2D eigenvalue weighted by atomic mass is 9.88. The summed E-state index contributed by atoms with van der Waals surface area (Å²) in [5.41, 5.74) is 3.46. The van der Waals surface area contributed by atoms with E-state index in [-0.39, 0.29) is 11.9 Å². The van der Waals surface area contributed by atoms with Crippen LogP contribution in [0.5, 0.6) is 0 Å². The highest BCUT2D eigenvalue weighted by molar-refractivity contribution is 5.73. The second kappa shape index (κ2) is 5.49. The molecule has 1 heterocycles. The van der Waals surface area contributed by atoms with E-state index in [4.69, 9.17) is 4.74 Å². The van der Waals surface area contributed by atoms with Gasteiger partial charge < -0.3 is 4.74 Å². The van der Waals surface area contributed by atoms with Gasteiger partial charge in [-0.1, -0.05) is 18.2 Å². The normalized spacial score (nSPS) is 17.6. The highest BCUT2D eigenvalue weighted by atomic mass is 16.5. The van der Waals surface area contributed by atoms with Gasteiger partial charge in [0.2, 0.25) is 0 Å². The summed E-state index contributed by atoms with van der Waals surface area (Å²) in [5, 5.41) is 4.47. The van der Waals surface area contributed by atoms with E-state index < -0.39 is 0 Å². The first-order valence-corrected chi connectivity index (χ1v) is 7.07. The molecule has 2 aromatic rings. The average Bonchev–Trinajstić information content (AvgIpc) is 2.91. The zero-order valence-corrected chi connectivity index (χ0v) is 11.6. The zero-order valence-electron chi connectivity index (χ0n) is 11.6. The number of hydrogen-bond acceptors (Lipinski definition) is 3. The molecule has 0 saturated heterocycles. The quantitative estimate of drug-likeness (QED) is 0.805. The monoisotopic (exact) mass is 270 g/mol. The Morgan fingerprint density at radius 1 is 1.40 bits per heavy atom. The van der Waals surface area contributed by atoms with Crippen molar-refractivity contribution in [3.63, 3.8) is 0 Å². The summed E-state index contributed by atoms with van der Waals surface area (Å²) >= 11 is 0. The van der Waals surface area contributed by atoms with Crippen molar-refractivity contribution in [3.8, 4) is 5.69 Å². The van der Waals surface area contributed by atoms with Crippen LogP contribution in [0.15, 0.2) is 36.5 Å². The van der Waals surface area contributed by atoms with Gasteiger partial charge in [-0.25, -0.2) is 4.68 Å². The molecular formula is C16H18N2O2. The van der Waals surface area contributed by atoms with Crippen molar-refractivity contribution in [2.75, 3.05) is 6.61 Å². The summed E-state index contributed by atoms with van der Waals surface area (Å²) in [4.78, 5) is 11.8. The SMILES string of the molecule is CCOC(=O)[C@@H]1CCc2c(cnn2-c2ccccc2)C1. The van der Waals surface area contributed by atoms with Crippen molar-refractivity contribution in [2.24, 2.45) is 5.92 Å². The Morgan fingerprint density at radius 3 is 2.95 bits per heavy atom. The Kier molecular flexibility index (Phi) is 3.54. The molecular weight excluding hydrogens is 252 g/mol. The molecule has 1 atom stereocenters. The largest absolute Gasteiger partial charge is 0.466 e. The molecule has 0 radical (unpaired) electrons. The Morgan fingerprint density at radius 2 is 2.20 bits per heavy atom. The van der Waals surface area contributed by atoms with Gasteiger partial charge in [-0.05, 0) is 43.9 Å². The Labute approximate surface area is 118 Å². The predicted molar refractivity (Wildman–Crippen MR) is 75.7 cm³/mol. The Bertz CT molecular complexity index is 604. The van der Waals surface area contributed by atoms with E-state index in [0.29, 0.717) is 6.61 Å². The van der Waals surface area contributed by atoms with E-state index in [9.17, 15) is 4.79 Å². The number of benzene rings is 1. The molecule has 1 aliphatic rings. The number of rotatable bonds is 3. The fourth-order valence-corrected chi connectivity index (χ4v) is 2.78. The molecule has 0 saturated carbocycles. The number of hydrogen-bond donors (Lipinski definition) is 0. The second-order valence-corrected chi connectivity index (χ2v) is 5.06. The van der Waals surface area contributed by atoms with E-state index in [1.54, 1.807) is 0 Å². The average molecular weight is 270 g/mol. The van der Waals surface area contributed by atoms with Crippen molar-refractivity contribution in [3.05, 3.63) is 47.8 Å². The molecule has 20 heavy (non-hydrogen) atoms. The van der Waals surface area contributed by atoms with Crippen LogP contribution in [-0.4, -0.2) is 22.4 Å². The van der Waals surface area contributed by atoms with Crippen LogP contribution >= 0.6 is 0 Å². The van der Waals surface area contributed by atoms with Gasteiger partial charge in [0.25, 0.3) is 0 Å². The van der Waals surface area contributed by atoms with Gasteiger partial charge in [0.15, 0.2) is 0 Å². The summed E-state index contributed by atoms with van der Waals surface area (Å²) in [7, 11) is 0. The highest BCUT2D eigenvalue weighted by Gasteiger charge is 2.28. The summed E-state index contributed by atoms with van der Waals surface area (Å²) in [6.07, 6.45) is 4.33. The number of para-hydroxylation sites is 1. The number of nitrogens with zero attached hydrogens (tertiary/aromatic N) is 2. The highest BCUT2D eigenvalue weighted by Crippen LogP contribution is 2.28. The van der Waals surface area contributed by atoms with Crippen LogP contribution in [0.25, 0.3) is 5.69 Å². The maximum atomic E-state index is 11.8. The third-order valence-electron chi connectivity index (χ3n) is 3.77. The smallest absolute Gasteiger partial charge is 0.309 e. The van der Waals surface area contributed by atoms with Crippen molar-refractivity contribution >= 4 is 5.97 Å². The van der Waals surface area contributed by atoms with Crippen LogP contribution in [0.1, 0.15) is 24.6 Å². The molecule has 1 aromatic carbocycles. The lowest BCUT2D eigenvalue weighted by Gasteiger charge is -2.21. The number of esters is 1. The molecule has 4 heteroatoms. The maximum Gasteiger partial charge on any atom is 0.309 e. The predicted octanol–water partition coefficient (Wildman–Crippen LogP) is 2.54. The lowest BCUT2D eigenvalue weighted by Crippen LogP contribution is -2.25. The van der Waals surface area contributed by atoms with Crippen LogP contribution < -0.4 is 0 Å². The van der Waals surface area contributed by atoms with E-state index in [1.807, 2.05) is 48.1 Å². The van der Waals surface area contributed by atoms with Gasteiger partial charge in [0, 0.05) is 5.69 Å². The summed E-state index contributed by atoms with van der Waals surface area (Å²) in [5.74, 6) is -0.0958. The molecule has 104 valence electrons. The topological polar surface area (TPSA) is 44.1 Å². The van der Waals surface area contributed by atoms with Gasteiger partial charge in [0.1, 0.15) is 0 Å². The molecule has 0 bridgehead atoms. The molecule has 1 aliphatic carbocycles. The second-order valence-electron chi connectivity index (χ2n) is 5.06. The molecule has 0 N–H and O–H groups in total. The third-order valence-corrected chi connectivity index (χ3v) is 3.77. The van der Waals surface area contributed by atoms with Gasteiger partial charge in [-0.15, -0.1) is 0 Å². The standard InChI is InChI=1S/C16H18N2O2/c1-2-20-16(19)12-8-9-15-13(10-12)11-17-18(15)14-6-4-3-5-7-14/h3-7,11-12H,2,8-10H2,1H3/t12-/m1/s1. The number of fused-ring (bicyclic) bond motifs is 1. The maximum absolute atomic E-state index is 11.8. The minimum Gasteiger partial charge on any atom is -0.466 e.